The molecule has 5 heteroatoms. The average Bonchev–Trinajstić information content (AvgIpc) is 2.51. The Kier molecular flexibility index (Phi) is 8.92. The first-order valence-corrected chi connectivity index (χ1v) is 9.70. The number of nitrogens with zero attached hydrogens (tertiary/aromatic N) is 1. The normalized spacial score (nSPS) is 13.7. The predicted octanol–water partition coefficient (Wildman–Crippen LogP) is 2.72. The molecule has 0 amide bonds. The van der Waals surface area contributed by atoms with E-state index < -0.39 is 10.8 Å². The molecule has 1 unspecified atom stereocenters. The molecule has 0 bridgehead atoms. The van der Waals surface area contributed by atoms with Gasteiger partial charge in [0.2, 0.25) is 0 Å². The molecule has 0 aromatic heterocycles. The molecule has 0 heterocycles. The third-order valence-electron chi connectivity index (χ3n) is 3.34. The second-order valence-corrected chi connectivity index (χ2v) is 8.76. The van der Waals surface area contributed by atoms with Gasteiger partial charge in [-0.05, 0) is 46.1 Å². The third kappa shape index (κ3) is 8.74. The highest BCUT2D eigenvalue weighted by Crippen LogP contribution is 2.10. The topological polar surface area (TPSA) is 53.5 Å². The third-order valence-corrected chi connectivity index (χ3v) is 5.28. The second kappa shape index (κ2) is 10.4. The van der Waals surface area contributed by atoms with Gasteiger partial charge in [0.25, 0.3) is 0 Å². The van der Waals surface area contributed by atoms with Gasteiger partial charge in [0.05, 0.1) is 0 Å². The zero-order valence-corrected chi connectivity index (χ0v) is 15.7. The zero-order chi connectivity index (χ0) is 17.1. The second-order valence-electron chi connectivity index (χ2n) is 6.44. The maximum Gasteiger partial charge on any atom is 0.191 e. The van der Waals surface area contributed by atoms with Gasteiger partial charge < -0.3 is 10.6 Å². The quantitative estimate of drug-likeness (QED) is 0.436. The van der Waals surface area contributed by atoms with Crippen molar-refractivity contribution in [1.82, 2.24) is 10.6 Å². The molecule has 1 rings (SSSR count). The standard InChI is InChI=1S/C18H31N3OS/c1-5-19-17(21-14-15-23(22)18(2,3)4)20-13-9-12-16-10-7-6-8-11-16/h6-8,10-11H,5,9,12-15H2,1-4H3,(H2,19,20,21). The SMILES string of the molecule is CCNC(=NCCCc1ccccc1)NCCS(=O)C(C)(C)C. The molecular weight excluding hydrogens is 306 g/mol. The zero-order valence-electron chi connectivity index (χ0n) is 14.9. The summed E-state index contributed by atoms with van der Waals surface area (Å²) in [5.74, 6) is 1.45. The Morgan fingerprint density at radius 1 is 1.17 bits per heavy atom. The van der Waals surface area contributed by atoms with Crippen LogP contribution in [-0.4, -0.2) is 40.3 Å². The fourth-order valence-electron chi connectivity index (χ4n) is 2.03. The molecule has 0 aliphatic rings. The Bertz CT molecular complexity index is 495. The minimum atomic E-state index is -0.835. The number of benzene rings is 1. The van der Waals surface area contributed by atoms with Crippen molar-refractivity contribution >= 4 is 16.8 Å². The van der Waals surface area contributed by atoms with Crippen LogP contribution in [0.3, 0.4) is 0 Å². The van der Waals surface area contributed by atoms with Crippen molar-refractivity contribution in [2.75, 3.05) is 25.4 Å². The van der Waals surface area contributed by atoms with E-state index in [1.165, 1.54) is 5.56 Å². The van der Waals surface area contributed by atoms with Gasteiger partial charge in [0.15, 0.2) is 5.96 Å². The summed E-state index contributed by atoms with van der Waals surface area (Å²) in [5, 5.41) is 6.50. The highest BCUT2D eigenvalue weighted by molar-refractivity contribution is 7.86. The molecular formula is C18H31N3OS. The molecule has 2 N–H and O–H groups in total. The number of nitrogens with one attached hydrogen (secondary N) is 2. The van der Waals surface area contributed by atoms with Crippen LogP contribution in [0.4, 0.5) is 0 Å². The molecule has 0 saturated heterocycles. The van der Waals surface area contributed by atoms with Gasteiger partial charge >= 0.3 is 0 Å². The Morgan fingerprint density at radius 3 is 2.48 bits per heavy atom. The van der Waals surface area contributed by atoms with Crippen molar-refractivity contribution < 1.29 is 4.21 Å². The fraction of sp³-hybridized carbons (Fsp3) is 0.611. The summed E-state index contributed by atoms with van der Waals surface area (Å²) in [4.78, 5) is 4.58. The highest BCUT2D eigenvalue weighted by atomic mass is 32.2. The van der Waals surface area contributed by atoms with Crippen LogP contribution in [0.2, 0.25) is 0 Å². The van der Waals surface area contributed by atoms with Crippen LogP contribution < -0.4 is 10.6 Å². The number of aliphatic imine (C=N–C) groups is 1. The summed E-state index contributed by atoms with van der Waals surface area (Å²) in [5.41, 5.74) is 1.35. The van der Waals surface area contributed by atoms with Crippen LogP contribution in [0, 0.1) is 0 Å². The number of rotatable bonds is 8. The Hall–Kier alpha value is -1.36. The average molecular weight is 338 g/mol. The van der Waals surface area contributed by atoms with E-state index in [9.17, 15) is 4.21 Å². The molecule has 1 aromatic carbocycles. The summed E-state index contributed by atoms with van der Waals surface area (Å²) in [6, 6.07) is 10.5. The summed E-state index contributed by atoms with van der Waals surface area (Å²) in [7, 11) is -0.835. The van der Waals surface area contributed by atoms with Crippen LogP contribution in [0.25, 0.3) is 0 Å². The Labute approximate surface area is 143 Å². The van der Waals surface area contributed by atoms with Crippen molar-refractivity contribution in [3.63, 3.8) is 0 Å². The minimum absolute atomic E-state index is 0.160. The predicted molar refractivity (Wildman–Crippen MR) is 102 cm³/mol. The summed E-state index contributed by atoms with van der Waals surface area (Å²) in [6.07, 6.45) is 2.06. The molecule has 0 aliphatic heterocycles. The molecule has 0 aliphatic carbocycles. The molecule has 0 saturated carbocycles. The van der Waals surface area contributed by atoms with Gasteiger partial charge in [-0.3, -0.25) is 9.20 Å². The first kappa shape index (κ1) is 19.7. The van der Waals surface area contributed by atoms with Gasteiger partial charge in [0, 0.05) is 40.9 Å². The monoisotopic (exact) mass is 337 g/mol. The molecule has 1 aromatic rings. The van der Waals surface area contributed by atoms with Crippen LogP contribution in [0.15, 0.2) is 35.3 Å². The van der Waals surface area contributed by atoms with E-state index in [1.807, 2.05) is 26.8 Å². The van der Waals surface area contributed by atoms with E-state index in [-0.39, 0.29) is 4.75 Å². The van der Waals surface area contributed by atoms with Gasteiger partial charge in [-0.15, -0.1) is 0 Å². The van der Waals surface area contributed by atoms with Crippen LogP contribution >= 0.6 is 0 Å². The molecule has 130 valence electrons. The largest absolute Gasteiger partial charge is 0.357 e. The first-order valence-electron chi connectivity index (χ1n) is 8.38. The maximum absolute atomic E-state index is 12.0. The summed E-state index contributed by atoms with van der Waals surface area (Å²) < 4.78 is 11.9. The number of hydrogen-bond acceptors (Lipinski definition) is 2. The molecule has 0 radical (unpaired) electrons. The lowest BCUT2D eigenvalue weighted by Crippen LogP contribution is -2.40. The lowest BCUT2D eigenvalue weighted by atomic mass is 10.1. The molecule has 1 atom stereocenters. The fourth-order valence-corrected chi connectivity index (χ4v) is 2.93. The van der Waals surface area contributed by atoms with E-state index in [0.717, 1.165) is 31.9 Å². The molecule has 0 spiro atoms. The van der Waals surface area contributed by atoms with Crippen molar-refractivity contribution in [2.45, 2.75) is 45.3 Å². The van der Waals surface area contributed by atoms with Crippen LogP contribution in [0.1, 0.15) is 39.7 Å². The molecule has 4 nitrogen and oxygen atoms in total. The van der Waals surface area contributed by atoms with E-state index in [2.05, 4.69) is 46.8 Å². The van der Waals surface area contributed by atoms with Gasteiger partial charge in [-0.2, -0.15) is 0 Å². The number of hydrogen-bond donors (Lipinski definition) is 2. The highest BCUT2D eigenvalue weighted by Gasteiger charge is 2.18. The van der Waals surface area contributed by atoms with E-state index >= 15 is 0 Å². The van der Waals surface area contributed by atoms with Crippen LogP contribution in [-0.2, 0) is 17.2 Å². The number of guanidine groups is 1. The smallest absolute Gasteiger partial charge is 0.191 e. The van der Waals surface area contributed by atoms with Gasteiger partial charge in [0.1, 0.15) is 0 Å². The lowest BCUT2D eigenvalue weighted by Gasteiger charge is -2.18. The van der Waals surface area contributed by atoms with Gasteiger partial charge in [-0.1, -0.05) is 30.3 Å². The van der Waals surface area contributed by atoms with Crippen LogP contribution in [0.5, 0.6) is 0 Å². The van der Waals surface area contributed by atoms with Crippen molar-refractivity contribution in [2.24, 2.45) is 4.99 Å². The Morgan fingerprint density at radius 2 is 1.87 bits per heavy atom. The van der Waals surface area contributed by atoms with Gasteiger partial charge in [-0.25, -0.2) is 0 Å². The Balaban J connectivity index is 2.34. The molecule has 0 fully saturated rings. The molecule has 23 heavy (non-hydrogen) atoms. The van der Waals surface area contributed by atoms with Crippen molar-refractivity contribution in [1.29, 1.82) is 0 Å². The summed E-state index contributed by atoms with van der Waals surface area (Å²) in [6.45, 7) is 10.4. The number of aryl methyl sites for hydroxylation is 1. The lowest BCUT2D eigenvalue weighted by molar-refractivity contribution is 0.647. The van der Waals surface area contributed by atoms with E-state index in [4.69, 9.17) is 0 Å². The first-order chi connectivity index (χ1) is 10.9. The van der Waals surface area contributed by atoms with Crippen molar-refractivity contribution in [3.05, 3.63) is 35.9 Å². The summed E-state index contributed by atoms with van der Waals surface area (Å²) >= 11 is 0. The van der Waals surface area contributed by atoms with Crippen molar-refractivity contribution in [3.8, 4) is 0 Å². The maximum atomic E-state index is 12.0. The minimum Gasteiger partial charge on any atom is -0.357 e. The van der Waals surface area contributed by atoms with E-state index in [0.29, 0.717) is 12.3 Å². The van der Waals surface area contributed by atoms with E-state index in [1.54, 1.807) is 0 Å².